The highest BCUT2D eigenvalue weighted by atomic mass is 16.2. The molecule has 4 heterocycles. The molecule has 0 saturated carbocycles. The van der Waals surface area contributed by atoms with Crippen molar-refractivity contribution in [2.24, 2.45) is 0 Å². The van der Waals surface area contributed by atoms with E-state index in [1.54, 1.807) is 19.2 Å². The van der Waals surface area contributed by atoms with Gasteiger partial charge in [-0.15, -0.1) is 0 Å². The first-order valence-corrected chi connectivity index (χ1v) is 11.3. The number of carbonyl (C=O) groups is 1. The van der Waals surface area contributed by atoms with Crippen molar-refractivity contribution in [3.63, 3.8) is 0 Å². The van der Waals surface area contributed by atoms with E-state index in [1.165, 1.54) is 0 Å². The minimum absolute atomic E-state index is 0.157. The van der Waals surface area contributed by atoms with Crippen LogP contribution in [0.4, 0.5) is 5.69 Å². The number of anilines is 1. The number of aromatic amines is 1. The number of pyridine rings is 2. The summed E-state index contributed by atoms with van der Waals surface area (Å²) in [5, 5.41) is 2.77. The highest BCUT2D eigenvalue weighted by Crippen LogP contribution is 2.21. The van der Waals surface area contributed by atoms with Gasteiger partial charge >= 0.3 is 5.69 Å². The van der Waals surface area contributed by atoms with Crippen LogP contribution in [0.1, 0.15) is 35.6 Å². The summed E-state index contributed by atoms with van der Waals surface area (Å²) in [5.41, 5.74) is 3.24. The van der Waals surface area contributed by atoms with E-state index in [0.717, 1.165) is 47.7 Å². The van der Waals surface area contributed by atoms with Gasteiger partial charge in [0.15, 0.2) is 5.52 Å². The van der Waals surface area contributed by atoms with E-state index in [1.807, 2.05) is 26.0 Å². The second kappa shape index (κ2) is 9.53. The van der Waals surface area contributed by atoms with Crippen LogP contribution in [0.3, 0.4) is 0 Å². The number of fused-ring (bicyclic) bond motifs is 1. The van der Waals surface area contributed by atoms with Crippen LogP contribution in [0.25, 0.3) is 11.0 Å². The summed E-state index contributed by atoms with van der Waals surface area (Å²) in [6.45, 7) is 10.5. The predicted molar refractivity (Wildman–Crippen MR) is 127 cm³/mol. The first-order valence-electron chi connectivity index (χ1n) is 11.3. The molecule has 0 atom stereocenters. The van der Waals surface area contributed by atoms with E-state index in [2.05, 4.69) is 30.1 Å². The van der Waals surface area contributed by atoms with Crippen molar-refractivity contribution in [2.75, 3.05) is 37.6 Å². The Morgan fingerprint density at radius 2 is 1.91 bits per heavy atom. The van der Waals surface area contributed by atoms with Gasteiger partial charge < -0.3 is 15.2 Å². The third kappa shape index (κ3) is 4.65. The molecular weight excluding hydrogens is 422 g/mol. The summed E-state index contributed by atoms with van der Waals surface area (Å²) in [4.78, 5) is 52.7. The lowest BCUT2D eigenvalue weighted by atomic mass is 10.2. The molecule has 1 fully saturated rings. The minimum atomic E-state index is -0.412. The highest BCUT2D eigenvalue weighted by molar-refractivity contribution is 5.92. The molecule has 3 aromatic heterocycles. The number of hydrogen-bond acceptors (Lipinski definition) is 7. The maximum Gasteiger partial charge on any atom is 0.328 e. The maximum atomic E-state index is 12.4. The lowest BCUT2D eigenvalue weighted by Gasteiger charge is -2.36. The Labute approximate surface area is 191 Å². The van der Waals surface area contributed by atoms with Gasteiger partial charge in [0.2, 0.25) is 0 Å². The molecule has 0 spiro atoms. The van der Waals surface area contributed by atoms with Gasteiger partial charge in [0.1, 0.15) is 5.69 Å². The molecule has 4 rings (SSSR count). The van der Waals surface area contributed by atoms with Crippen molar-refractivity contribution < 1.29 is 4.79 Å². The quantitative estimate of drug-likeness (QED) is 0.571. The molecule has 174 valence electrons. The fourth-order valence-electron chi connectivity index (χ4n) is 4.22. The van der Waals surface area contributed by atoms with Crippen LogP contribution in [0.5, 0.6) is 0 Å². The second-order valence-corrected chi connectivity index (χ2v) is 8.14. The predicted octanol–water partition coefficient (Wildman–Crippen LogP) is 0.880. The molecule has 1 saturated heterocycles. The third-order valence-corrected chi connectivity index (χ3v) is 5.94. The average Bonchev–Trinajstić information content (AvgIpc) is 2.80. The van der Waals surface area contributed by atoms with Crippen molar-refractivity contribution >= 4 is 22.6 Å². The highest BCUT2D eigenvalue weighted by Gasteiger charge is 2.20. The number of rotatable bonds is 6. The average molecular weight is 452 g/mol. The fraction of sp³-hybridized carbons (Fsp3) is 0.435. The molecule has 3 aromatic rings. The third-order valence-electron chi connectivity index (χ3n) is 5.94. The SMILES string of the molecule is CCNC(=O)c1ccc(N2CCN(Cc3cnc4c(=O)n(CC)c(=O)[nH]c4c3)CC2)c(C)n1. The zero-order valence-electron chi connectivity index (χ0n) is 19.2. The fourth-order valence-corrected chi connectivity index (χ4v) is 4.22. The summed E-state index contributed by atoms with van der Waals surface area (Å²) in [6.07, 6.45) is 1.71. The minimum Gasteiger partial charge on any atom is -0.368 e. The Bertz CT molecular complexity index is 1290. The van der Waals surface area contributed by atoms with Crippen molar-refractivity contribution in [3.05, 3.63) is 62.2 Å². The van der Waals surface area contributed by atoms with Crippen LogP contribution in [-0.2, 0) is 13.1 Å². The Morgan fingerprint density at radius 1 is 1.15 bits per heavy atom. The number of aryl methyl sites for hydroxylation is 1. The van der Waals surface area contributed by atoms with Gasteiger partial charge in [0.05, 0.1) is 16.9 Å². The first kappa shape index (κ1) is 22.7. The molecule has 33 heavy (non-hydrogen) atoms. The summed E-state index contributed by atoms with van der Waals surface area (Å²) >= 11 is 0. The molecule has 0 aliphatic carbocycles. The van der Waals surface area contributed by atoms with Crippen molar-refractivity contribution in [1.82, 2.24) is 29.7 Å². The Balaban J connectivity index is 1.42. The molecule has 0 radical (unpaired) electrons. The molecule has 1 amide bonds. The lowest BCUT2D eigenvalue weighted by Crippen LogP contribution is -2.46. The number of amides is 1. The standard InChI is InChI=1S/C23H29N7O3/c1-4-24-21(31)17-6-7-19(15(3)26-17)29-10-8-28(9-11-29)14-16-12-18-20(25-13-16)22(32)30(5-2)23(33)27-18/h6-7,12-13H,4-5,8-11,14H2,1-3H3,(H,24,31)(H,27,33). The molecule has 0 aromatic carbocycles. The molecule has 1 aliphatic rings. The van der Waals surface area contributed by atoms with E-state index in [4.69, 9.17) is 0 Å². The number of nitrogens with zero attached hydrogens (tertiary/aromatic N) is 5. The zero-order valence-corrected chi connectivity index (χ0v) is 19.2. The Kier molecular flexibility index (Phi) is 6.55. The molecule has 0 unspecified atom stereocenters. The molecule has 10 heteroatoms. The first-order chi connectivity index (χ1) is 15.9. The lowest BCUT2D eigenvalue weighted by molar-refractivity contribution is 0.0950. The number of nitrogens with one attached hydrogen (secondary N) is 2. The number of H-pyrrole nitrogens is 1. The van der Waals surface area contributed by atoms with Crippen molar-refractivity contribution in [2.45, 2.75) is 33.9 Å². The van der Waals surface area contributed by atoms with Crippen molar-refractivity contribution in [3.8, 4) is 0 Å². The Hall–Kier alpha value is -3.53. The van der Waals surface area contributed by atoms with Gasteiger partial charge in [0.25, 0.3) is 11.5 Å². The van der Waals surface area contributed by atoms with Gasteiger partial charge in [-0.2, -0.15) is 0 Å². The van der Waals surface area contributed by atoms with Crippen LogP contribution >= 0.6 is 0 Å². The van der Waals surface area contributed by atoms with Crippen LogP contribution in [0.2, 0.25) is 0 Å². The summed E-state index contributed by atoms with van der Waals surface area (Å²) in [5.74, 6) is -0.157. The number of carbonyl (C=O) groups excluding carboxylic acids is 1. The van der Waals surface area contributed by atoms with Gasteiger partial charge in [-0.25, -0.2) is 14.8 Å². The largest absolute Gasteiger partial charge is 0.368 e. The smallest absolute Gasteiger partial charge is 0.328 e. The Morgan fingerprint density at radius 3 is 2.58 bits per heavy atom. The van der Waals surface area contributed by atoms with Crippen LogP contribution in [0, 0.1) is 6.92 Å². The van der Waals surface area contributed by atoms with Crippen LogP contribution in [0.15, 0.2) is 34.0 Å². The normalized spacial score (nSPS) is 14.6. The van der Waals surface area contributed by atoms with E-state index in [0.29, 0.717) is 30.8 Å². The number of aromatic nitrogens is 4. The molecule has 0 bridgehead atoms. The van der Waals surface area contributed by atoms with E-state index >= 15 is 0 Å². The molecular formula is C23H29N7O3. The van der Waals surface area contributed by atoms with Gasteiger partial charge in [-0.3, -0.25) is 19.1 Å². The van der Waals surface area contributed by atoms with E-state index < -0.39 is 5.69 Å². The van der Waals surface area contributed by atoms with Gasteiger partial charge in [-0.1, -0.05) is 0 Å². The number of hydrogen-bond donors (Lipinski definition) is 2. The van der Waals surface area contributed by atoms with E-state index in [9.17, 15) is 14.4 Å². The zero-order chi connectivity index (χ0) is 23.5. The molecule has 1 aliphatic heterocycles. The number of piperazine rings is 1. The summed E-state index contributed by atoms with van der Waals surface area (Å²) in [6, 6.07) is 5.58. The monoisotopic (exact) mass is 451 g/mol. The second-order valence-electron chi connectivity index (χ2n) is 8.14. The van der Waals surface area contributed by atoms with Gasteiger partial charge in [-0.05, 0) is 44.5 Å². The molecule has 2 N–H and O–H groups in total. The maximum absolute atomic E-state index is 12.4. The van der Waals surface area contributed by atoms with E-state index in [-0.39, 0.29) is 17.0 Å². The topological polar surface area (TPSA) is 116 Å². The van der Waals surface area contributed by atoms with Gasteiger partial charge in [0, 0.05) is 52.0 Å². The van der Waals surface area contributed by atoms with Crippen molar-refractivity contribution in [1.29, 1.82) is 0 Å². The van der Waals surface area contributed by atoms with Crippen LogP contribution in [-0.4, -0.2) is 63.0 Å². The van der Waals surface area contributed by atoms with Crippen LogP contribution < -0.4 is 21.5 Å². The summed E-state index contributed by atoms with van der Waals surface area (Å²) < 4.78 is 1.15. The molecule has 10 nitrogen and oxygen atoms in total. The summed E-state index contributed by atoms with van der Waals surface area (Å²) in [7, 11) is 0.